The Balaban J connectivity index is 2.16. The van der Waals surface area contributed by atoms with Crippen molar-refractivity contribution in [2.75, 3.05) is 18.4 Å². The smallest absolute Gasteiger partial charge is 0.334 e. The summed E-state index contributed by atoms with van der Waals surface area (Å²) in [7, 11) is 0. The van der Waals surface area contributed by atoms with Crippen LogP contribution in [0.5, 0.6) is 0 Å². The number of hydrogen-bond donors (Lipinski definition) is 1. The molecule has 2 rings (SSSR count). The van der Waals surface area contributed by atoms with Gasteiger partial charge in [-0.15, -0.1) is 0 Å². The first-order chi connectivity index (χ1) is 11.1. The normalized spacial score (nSPS) is 21.5. The number of amides is 2. The third-order valence-electron chi connectivity index (χ3n) is 3.89. The fourth-order valence-corrected chi connectivity index (χ4v) is 3.18. The van der Waals surface area contributed by atoms with Gasteiger partial charge in [-0.1, -0.05) is 25.4 Å². The number of carbonyl (C=O) groups is 2. The maximum atomic E-state index is 13.0. The van der Waals surface area contributed by atoms with Crippen LogP contribution in [0.25, 0.3) is 0 Å². The monoisotopic (exact) mass is 362 g/mol. The minimum Gasteiger partial charge on any atom is -0.334 e. The van der Waals surface area contributed by atoms with Gasteiger partial charge < -0.3 is 10.2 Å². The Morgan fingerprint density at radius 1 is 1.21 bits per heavy atom. The first kappa shape index (κ1) is 18.6. The minimum atomic E-state index is -4.69. The quantitative estimate of drug-likeness (QED) is 0.772. The van der Waals surface area contributed by atoms with Gasteiger partial charge in [-0.05, 0) is 36.5 Å². The number of anilines is 1. The first-order valence-electron chi connectivity index (χ1n) is 7.55. The van der Waals surface area contributed by atoms with Crippen molar-refractivity contribution in [2.45, 2.75) is 26.4 Å². The number of nitrogens with zero attached hydrogens (tertiary/aromatic N) is 1. The van der Waals surface area contributed by atoms with E-state index in [9.17, 15) is 22.8 Å². The van der Waals surface area contributed by atoms with Crippen molar-refractivity contribution in [1.82, 2.24) is 4.90 Å². The molecular formula is C16H18ClF3N2O2. The Morgan fingerprint density at radius 2 is 1.79 bits per heavy atom. The molecule has 1 aromatic rings. The largest absolute Gasteiger partial charge is 0.418 e. The lowest BCUT2D eigenvalue weighted by Gasteiger charge is -2.34. The van der Waals surface area contributed by atoms with E-state index < -0.39 is 29.2 Å². The molecule has 2 unspecified atom stereocenters. The van der Waals surface area contributed by atoms with E-state index in [1.807, 2.05) is 13.8 Å². The summed E-state index contributed by atoms with van der Waals surface area (Å²) in [5.41, 5.74) is -1.57. The second-order valence-electron chi connectivity index (χ2n) is 6.30. The number of piperidine rings is 1. The molecule has 1 saturated heterocycles. The standard InChI is InChI=1S/C16H18ClF3N2O2/c1-9-5-10(2)8-22(7-9)15(24)14(23)21-13-4-3-11(17)6-12(13)16(18,19)20/h3-4,6,9-10H,5,7-8H2,1-2H3,(H,21,23). The van der Waals surface area contributed by atoms with Gasteiger partial charge >= 0.3 is 18.0 Å². The maximum absolute atomic E-state index is 13.0. The molecule has 1 fully saturated rings. The van der Waals surface area contributed by atoms with Crippen LogP contribution in [0.2, 0.25) is 5.02 Å². The third kappa shape index (κ3) is 4.41. The average molecular weight is 363 g/mol. The van der Waals surface area contributed by atoms with Gasteiger partial charge in [0.1, 0.15) is 0 Å². The van der Waals surface area contributed by atoms with Crippen LogP contribution in [0, 0.1) is 11.8 Å². The van der Waals surface area contributed by atoms with Gasteiger partial charge in [-0.3, -0.25) is 9.59 Å². The van der Waals surface area contributed by atoms with Crippen LogP contribution in [0.15, 0.2) is 18.2 Å². The van der Waals surface area contributed by atoms with Gasteiger partial charge in [0.05, 0.1) is 11.3 Å². The number of carbonyl (C=O) groups excluding carboxylic acids is 2. The first-order valence-corrected chi connectivity index (χ1v) is 7.92. The molecule has 1 aliphatic rings. The van der Waals surface area contributed by atoms with E-state index in [1.54, 1.807) is 0 Å². The molecule has 1 aromatic carbocycles. The lowest BCUT2D eigenvalue weighted by atomic mass is 9.92. The maximum Gasteiger partial charge on any atom is 0.418 e. The number of nitrogens with one attached hydrogen (secondary N) is 1. The molecule has 1 N–H and O–H groups in total. The van der Waals surface area contributed by atoms with Crippen molar-refractivity contribution in [3.05, 3.63) is 28.8 Å². The zero-order valence-electron chi connectivity index (χ0n) is 13.3. The average Bonchev–Trinajstić information content (AvgIpc) is 2.46. The van der Waals surface area contributed by atoms with Crippen LogP contribution >= 0.6 is 11.6 Å². The van der Waals surface area contributed by atoms with E-state index in [4.69, 9.17) is 11.6 Å². The molecule has 132 valence electrons. The summed E-state index contributed by atoms with van der Waals surface area (Å²) >= 11 is 5.59. The second-order valence-corrected chi connectivity index (χ2v) is 6.73. The Labute approximate surface area is 143 Å². The molecule has 1 aliphatic heterocycles. The Morgan fingerprint density at radius 3 is 2.33 bits per heavy atom. The van der Waals surface area contributed by atoms with Gasteiger partial charge in [0.15, 0.2) is 0 Å². The van der Waals surface area contributed by atoms with Crippen molar-refractivity contribution >= 4 is 29.1 Å². The highest BCUT2D eigenvalue weighted by atomic mass is 35.5. The SMILES string of the molecule is CC1CC(C)CN(C(=O)C(=O)Nc2ccc(Cl)cc2C(F)(F)F)C1. The van der Waals surface area contributed by atoms with Gasteiger partial charge in [-0.25, -0.2) is 0 Å². The van der Waals surface area contributed by atoms with Crippen LogP contribution in [-0.4, -0.2) is 29.8 Å². The Bertz CT molecular complexity index is 639. The molecule has 0 spiro atoms. The molecule has 0 radical (unpaired) electrons. The van der Waals surface area contributed by atoms with Gasteiger partial charge in [0, 0.05) is 18.1 Å². The number of rotatable bonds is 1. The van der Waals surface area contributed by atoms with E-state index >= 15 is 0 Å². The summed E-state index contributed by atoms with van der Waals surface area (Å²) in [5, 5.41) is 1.96. The lowest BCUT2D eigenvalue weighted by Crippen LogP contribution is -2.47. The molecule has 2 atom stereocenters. The second kappa shape index (κ2) is 7.01. The van der Waals surface area contributed by atoms with Crippen LogP contribution in [0.1, 0.15) is 25.8 Å². The van der Waals surface area contributed by atoms with E-state index in [0.717, 1.165) is 12.5 Å². The predicted molar refractivity (Wildman–Crippen MR) is 84.6 cm³/mol. The predicted octanol–water partition coefficient (Wildman–Crippen LogP) is 3.80. The van der Waals surface area contributed by atoms with Gasteiger partial charge in [-0.2, -0.15) is 13.2 Å². The summed E-state index contributed by atoms with van der Waals surface area (Å²) in [6.07, 6.45) is -3.74. The van der Waals surface area contributed by atoms with E-state index in [2.05, 4.69) is 5.32 Å². The van der Waals surface area contributed by atoms with Crippen LogP contribution in [0.3, 0.4) is 0 Å². The minimum absolute atomic E-state index is 0.106. The number of alkyl halides is 3. The molecule has 0 aromatic heterocycles. The molecular weight excluding hydrogens is 345 g/mol. The van der Waals surface area contributed by atoms with Crippen LogP contribution in [-0.2, 0) is 15.8 Å². The number of halogens is 4. The zero-order chi connectivity index (χ0) is 18.1. The number of likely N-dealkylation sites (tertiary alicyclic amines) is 1. The fraction of sp³-hybridized carbons (Fsp3) is 0.500. The van der Waals surface area contributed by atoms with Crippen LogP contribution in [0.4, 0.5) is 18.9 Å². The number of hydrogen-bond acceptors (Lipinski definition) is 2. The molecule has 2 amide bonds. The molecule has 8 heteroatoms. The van der Waals surface area contributed by atoms with Crippen molar-refractivity contribution in [2.24, 2.45) is 11.8 Å². The van der Waals surface area contributed by atoms with E-state index in [0.29, 0.717) is 19.2 Å². The molecule has 4 nitrogen and oxygen atoms in total. The van der Waals surface area contributed by atoms with E-state index in [-0.39, 0.29) is 16.9 Å². The van der Waals surface area contributed by atoms with Crippen molar-refractivity contribution in [3.63, 3.8) is 0 Å². The summed E-state index contributed by atoms with van der Waals surface area (Å²) in [5.74, 6) is -1.42. The van der Waals surface area contributed by atoms with Gasteiger partial charge in [0.25, 0.3) is 0 Å². The van der Waals surface area contributed by atoms with E-state index in [1.165, 1.54) is 11.0 Å². The van der Waals surface area contributed by atoms with Gasteiger partial charge in [0.2, 0.25) is 0 Å². The molecule has 0 bridgehead atoms. The van der Waals surface area contributed by atoms with Crippen LogP contribution < -0.4 is 5.32 Å². The zero-order valence-corrected chi connectivity index (χ0v) is 14.0. The third-order valence-corrected chi connectivity index (χ3v) is 4.12. The highest BCUT2D eigenvalue weighted by Gasteiger charge is 2.35. The summed E-state index contributed by atoms with van der Waals surface area (Å²) in [6.45, 7) is 4.77. The Hall–Kier alpha value is -1.76. The highest BCUT2D eigenvalue weighted by molar-refractivity contribution is 6.39. The van der Waals surface area contributed by atoms with Crippen molar-refractivity contribution in [1.29, 1.82) is 0 Å². The molecule has 24 heavy (non-hydrogen) atoms. The molecule has 0 aliphatic carbocycles. The highest BCUT2D eigenvalue weighted by Crippen LogP contribution is 2.36. The summed E-state index contributed by atoms with van der Waals surface area (Å²) in [6, 6.07) is 2.98. The summed E-state index contributed by atoms with van der Waals surface area (Å²) < 4.78 is 39.1. The molecule has 0 saturated carbocycles. The molecule has 1 heterocycles. The fourth-order valence-electron chi connectivity index (χ4n) is 3.01. The summed E-state index contributed by atoms with van der Waals surface area (Å²) in [4.78, 5) is 25.7. The number of benzene rings is 1. The van der Waals surface area contributed by atoms with Crippen molar-refractivity contribution in [3.8, 4) is 0 Å². The Kier molecular flexibility index (Phi) is 5.42. The topological polar surface area (TPSA) is 49.4 Å². The lowest BCUT2D eigenvalue weighted by molar-refractivity contribution is -0.145. The van der Waals surface area contributed by atoms with Crippen molar-refractivity contribution < 1.29 is 22.8 Å².